The monoisotopic (exact) mass is 531 g/mol. The first-order valence-corrected chi connectivity index (χ1v) is 14.8. The minimum Gasteiger partial charge on any atom is -0.309 e. The number of thiophene rings is 2. The lowest BCUT2D eigenvalue weighted by Gasteiger charge is -2.13. The molecule has 3 heteroatoms. The highest BCUT2D eigenvalue weighted by Gasteiger charge is 2.19. The van der Waals surface area contributed by atoms with Gasteiger partial charge in [0.25, 0.3) is 0 Å². The van der Waals surface area contributed by atoms with Crippen molar-refractivity contribution in [1.82, 2.24) is 4.57 Å². The van der Waals surface area contributed by atoms with Gasteiger partial charge in [0, 0.05) is 67.9 Å². The average molecular weight is 532 g/mol. The predicted octanol–water partition coefficient (Wildman–Crippen LogP) is 11.2. The quantitative estimate of drug-likeness (QED) is 0.209. The highest BCUT2D eigenvalue weighted by Crippen LogP contribution is 2.46. The standard InChI is InChI=1S/C36H21NS2/c1-5-16-31-23(10-1)24-11-2-6-17-32(24)37(31)22-20-29-26-13-4-8-19-34(26)39-36(29)30(21-22)28-15-9-14-27-25-12-3-7-18-33(25)38-35(27)28/h1-21H. The van der Waals surface area contributed by atoms with Crippen molar-refractivity contribution in [2.24, 2.45) is 0 Å². The van der Waals surface area contributed by atoms with Crippen LogP contribution in [0.2, 0.25) is 0 Å². The molecule has 0 fully saturated rings. The Morgan fingerprint density at radius 1 is 0.385 bits per heavy atom. The van der Waals surface area contributed by atoms with Crippen LogP contribution in [0.4, 0.5) is 0 Å². The third-order valence-electron chi connectivity index (χ3n) is 8.00. The van der Waals surface area contributed by atoms with E-state index in [1.165, 1.54) is 79.0 Å². The van der Waals surface area contributed by atoms with E-state index < -0.39 is 0 Å². The summed E-state index contributed by atoms with van der Waals surface area (Å²) >= 11 is 3.81. The van der Waals surface area contributed by atoms with Gasteiger partial charge >= 0.3 is 0 Å². The van der Waals surface area contributed by atoms with Gasteiger partial charge in [-0.3, -0.25) is 0 Å². The summed E-state index contributed by atoms with van der Waals surface area (Å²) < 4.78 is 7.83. The molecule has 0 aliphatic heterocycles. The van der Waals surface area contributed by atoms with E-state index in [1.807, 2.05) is 22.7 Å². The van der Waals surface area contributed by atoms with Crippen LogP contribution in [0.1, 0.15) is 0 Å². The van der Waals surface area contributed by atoms with Gasteiger partial charge in [-0.2, -0.15) is 0 Å². The zero-order valence-corrected chi connectivity index (χ0v) is 22.5. The van der Waals surface area contributed by atoms with E-state index in [0.717, 1.165) is 0 Å². The molecule has 39 heavy (non-hydrogen) atoms. The Hall–Kier alpha value is -4.44. The predicted molar refractivity (Wildman–Crippen MR) is 172 cm³/mol. The van der Waals surface area contributed by atoms with Crippen LogP contribution >= 0.6 is 22.7 Å². The summed E-state index contributed by atoms with van der Waals surface area (Å²) in [4.78, 5) is 0. The molecule has 0 saturated heterocycles. The lowest BCUT2D eigenvalue weighted by molar-refractivity contribution is 1.19. The molecule has 0 radical (unpaired) electrons. The smallest absolute Gasteiger partial charge is 0.0541 e. The summed E-state index contributed by atoms with van der Waals surface area (Å²) in [5.41, 5.74) is 6.30. The molecule has 0 N–H and O–H groups in total. The number of nitrogens with zero attached hydrogens (tertiary/aromatic N) is 1. The van der Waals surface area contributed by atoms with Gasteiger partial charge in [0.2, 0.25) is 0 Å². The molecule has 0 amide bonds. The van der Waals surface area contributed by atoms with Crippen molar-refractivity contribution in [2.75, 3.05) is 0 Å². The highest BCUT2D eigenvalue weighted by atomic mass is 32.1. The molecule has 3 aromatic heterocycles. The number of hydrogen-bond acceptors (Lipinski definition) is 2. The van der Waals surface area contributed by atoms with Crippen molar-refractivity contribution in [3.63, 3.8) is 0 Å². The maximum Gasteiger partial charge on any atom is 0.0541 e. The first kappa shape index (κ1) is 21.5. The first-order valence-electron chi connectivity index (χ1n) is 13.2. The molecule has 0 spiro atoms. The maximum absolute atomic E-state index is 2.45. The molecule has 0 aliphatic carbocycles. The molecule has 9 aromatic rings. The minimum absolute atomic E-state index is 1.21. The van der Waals surface area contributed by atoms with Crippen LogP contribution in [0.25, 0.3) is 79.0 Å². The van der Waals surface area contributed by atoms with Gasteiger partial charge in [-0.15, -0.1) is 22.7 Å². The van der Waals surface area contributed by atoms with Crippen molar-refractivity contribution < 1.29 is 0 Å². The molecule has 6 aromatic carbocycles. The van der Waals surface area contributed by atoms with Crippen molar-refractivity contribution in [3.8, 4) is 16.8 Å². The lowest BCUT2D eigenvalue weighted by atomic mass is 9.99. The van der Waals surface area contributed by atoms with Crippen molar-refractivity contribution in [1.29, 1.82) is 0 Å². The van der Waals surface area contributed by atoms with Crippen LogP contribution in [-0.4, -0.2) is 4.57 Å². The van der Waals surface area contributed by atoms with Gasteiger partial charge in [0.1, 0.15) is 0 Å². The molecule has 3 heterocycles. The Labute approximate surface area is 232 Å². The van der Waals surface area contributed by atoms with E-state index in [1.54, 1.807) is 0 Å². The Morgan fingerprint density at radius 3 is 1.56 bits per heavy atom. The number of para-hydroxylation sites is 2. The van der Waals surface area contributed by atoms with Crippen LogP contribution < -0.4 is 0 Å². The fourth-order valence-electron chi connectivity index (χ4n) is 6.30. The van der Waals surface area contributed by atoms with Crippen molar-refractivity contribution in [3.05, 3.63) is 127 Å². The van der Waals surface area contributed by atoms with E-state index >= 15 is 0 Å². The summed E-state index contributed by atoms with van der Waals surface area (Å²) in [6, 6.07) is 46.8. The van der Waals surface area contributed by atoms with E-state index in [-0.39, 0.29) is 0 Å². The first-order chi connectivity index (χ1) is 19.3. The third-order valence-corrected chi connectivity index (χ3v) is 10.4. The van der Waals surface area contributed by atoms with Gasteiger partial charge in [-0.05, 0) is 36.4 Å². The second kappa shape index (κ2) is 8.03. The van der Waals surface area contributed by atoms with Crippen LogP contribution in [0, 0.1) is 0 Å². The molecular weight excluding hydrogens is 511 g/mol. The number of fused-ring (bicyclic) bond motifs is 9. The second-order valence-electron chi connectivity index (χ2n) is 10.1. The fourth-order valence-corrected chi connectivity index (χ4v) is 8.74. The molecule has 0 bridgehead atoms. The number of benzene rings is 6. The molecule has 0 aliphatic rings. The van der Waals surface area contributed by atoms with E-state index in [4.69, 9.17) is 0 Å². The van der Waals surface area contributed by atoms with Gasteiger partial charge in [0.15, 0.2) is 0 Å². The zero-order chi connectivity index (χ0) is 25.5. The summed E-state index contributed by atoms with van der Waals surface area (Å²) in [5.74, 6) is 0. The summed E-state index contributed by atoms with van der Waals surface area (Å²) in [6.45, 7) is 0. The van der Waals surface area contributed by atoms with E-state index in [2.05, 4.69) is 132 Å². The number of hydrogen-bond donors (Lipinski definition) is 0. The summed E-state index contributed by atoms with van der Waals surface area (Å²) in [7, 11) is 0. The zero-order valence-electron chi connectivity index (χ0n) is 20.9. The maximum atomic E-state index is 2.45. The highest BCUT2D eigenvalue weighted by molar-refractivity contribution is 7.27. The third kappa shape index (κ3) is 3.00. The normalized spacial score (nSPS) is 12.1. The van der Waals surface area contributed by atoms with Crippen molar-refractivity contribution >= 4 is 84.8 Å². The molecule has 0 saturated carbocycles. The van der Waals surface area contributed by atoms with Crippen LogP contribution in [-0.2, 0) is 0 Å². The molecule has 182 valence electrons. The van der Waals surface area contributed by atoms with Gasteiger partial charge in [0.05, 0.1) is 11.0 Å². The van der Waals surface area contributed by atoms with Gasteiger partial charge in [-0.25, -0.2) is 0 Å². The van der Waals surface area contributed by atoms with Gasteiger partial charge in [-0.1, -0.05) is 91.0 Å². The largest absolute Gasteiger partial charge is 0.309 e. The minimum atomic E-state index is 1.21. The van der Waals surface area contributed by atoms with Crippen molar-refractivity contribution in [2.45, 2.75) is 0 Å². The Morgan fingerprint density at radius 2 is 0.897 bits per heavy atom. The van der Waals surface area contributed by atoms with E-state index in [9.17, 15) is 0 Å². The van der Waals surface area contributed by atoms with Crippen LogP contribution in [0.15, 0.2) is 127 Å². The Kier molecular flexibility index (Phi) is 4.43. The second-order valence-corrected chi connectivity index (χ2v) is 12.2. The molecular formula is C36H21NS2. The lowest BCUT2D eigenvalue weighted by Crippen LogP contribution is -1.95. The summed E-state index contributed by atoms with van der Waals surface area (Å²) in [6.07, 6.45) is 0. The fraction of sp³-hybridized carbons (Fsp3) is 0. The Bertz CT molecular complexity index is 2350. The SMILES string of the molecule is c1ccc2c(c1)sc1c(-c3cc(-n4c5ccccc5c5ccccc54)cc4c3sc3ccccc34)cccc12. The molecule has 0 unspecified atom stereocenters. The van der Waals surface area contributed by atoms with Crippen LogP contribution in [0.3, 0.4) is 0 Å². The van der Waals surface area contributed by atoms with E-state index in [0.29, 0.717) is 0 Å². The van der Waals surface area contributed by atoms with Gasteiger partial charge < -0.3 is 4.57 Å². The topological polar surface area (TPSA) is 4.93 Å². The Balaban J connectivity index is 1.46. The average Bonchev–Trinajstić information content (AvgIpc) is 3.66. The van der Waals surface area contributed by atoms with Crippen LogP contribution in [0.5, 0.6) is 0 Å². The molecule has 9 rings (SSSR count). The molecule has 1 nitrogen and oxygen atoms in total. The number of rotatable bonds is 2. The summed E-state index contributed by atoms with van der Waals surface area (Å²) in [5, 5.41) is 7.90. The number of aromatic nitrogens is 1. The molecule has 0 atom stereocenters.